The Balaban J connectivity index is 1.33. The number of fused-ring (bicyclic) bond motifs is 1. The Kier molecular flexibility index (Phi) is 6.08. The molecule has 0 unspecified atom stereocenters. The average molecular weight is 419 g/mol. The molecule has 1 aliphatic heterocycles. The molecule has 2 aromatic carbocycles. The summed E-state index contributed by atoms with van der Waals surface area (Å²) < 4.78 is 12.0. The molecule has 0 atom stereocenters. The Labute approximate surface area is 181 Å². The minimum atomic E-state index is -0.540. The summed E-state index contributed by atoms with van der Waals surface area (Å²) in [4.78, 5) is 26.7. The lowest BCUT2D eigenvalue weighted by molar-refractivity contribution is -0.122. The zero-order chi connectivity index (χ0) is 21.7. The molecule has 2 aliphatic rings. The second-order valence-corrected chi connectivity index (χ2v) is 7.82. The van der Waals surface area contributed by atoms with Crippen LogP contribution in [0.2, 0.25) is 0 Å². The van der Waals surface area contributed by atoms with E-state index >= 15 is 0 Å². The Morgan fingerprint density at radius 2 is 1.77 bits per heavy atom. The van der Waals surface area contributed by atoms with Crippen LogP contribution in [-0.2, 0) is 9.59 Å². The highest BCUT2D eigenvalue weighted by Crippen LogP contribution is 2.47. The molecule has 160 valence electrons. The van der Waals surface area contributed by atoms with Crippen LogP contribution < -0.4 is 19.7 Å². The van der Waals surface area contributed by atoms with Crippen molar-refractivity contribution in [1.29, 1.82) is 5.26 Å². The van der Waals surface area contributed by atoms with E-state index in [0.29, 0.717) is 23.7 Å². The first-order valence-corrected chi connectivity index (χ1v) is 10.6. The Bertz CT molecular complexity index is 994. The van der Waals surface area contributed by atoms with Gasteiger partial charge in [-0.05, 0) is 37.1 Å². The molecule has 1 spiro atoms. The lowest BCUT2D eigenvalue weighted by Gasteiger charge is -2.21. The molecular weight excluding hydrogens is 394 g/mol. The number of para-hydroxylation sites is 1. The quantitative estimate of drug-likeness (QED) is 0.718. The van der Waals surface area contributed by atoms with Gasteiger partial charge in [-0.25, -0.2) is 0 Å². The standard InChI is InChI=1S/C24H25N3O4/c25-15-6-16-27(19-7-2-1-3-8-19)23(29)12-11-22(28)26-18-9-10-20-21(17-18)31-24(30-20)13-4-5-14-24/h1-3,7-10,17H,4-6,11-14,16H2,(H,26,28). The summed E-state index contributed by atoms with van der Waals surface area (Å²) in [6, 6.07) is 16.6. The lowest BCUT2D eigenvalue weighted by Crippen LogP contribution is -2.34. The van der Waals surface area contributed by atoms with Crippen LogP contribution in [-0.4, -0.2) is 24.1 Å². The third-order valence-corrected chi connectivity index (χ3v) is 5.57. The summed E-state index contributed by atoms with van der Waals surface area (Å²) in [5, 5.41) is 11.7. The maximum atomic E-state index is 12.7. The predicted octanol–water partition coefficient (Wildman–Crippen LogP) is 4.39. The number of carbonyl (C=O) groups excluding carboxylic acids is 2. The molecule has 1 N–H and O–H groups in total. The fourth-order valence-corrected chi connectivity index (χ4v) is 4.04. The second kappa shape index (κ2) is 9.09. The van der Waals surface area contributed by atoms with Gasteiger partial charge in [0.15, 0.2) is 11.5 Å². The molecule has 4 rings (SSSR count). The molecule has 0 bridgehead atoms. The van der Waals surface area contributed by atoms with Crippen LogP contribution in [0.1, 0.15) is 44.9 Å². The van der Waals surface area contributed by atoms with Crippen molar-refractivity contribution < 1.29 is 19.1 Å². The number of nitrogens with one attached hydrogen (secondary N) is 1. The highest BCUT2D eigenvalue weighted by atomic mass is 16.7. The maximum absolute atomic E-state index is 12.7. The van der Waals surface area contributed by atoms with Crippen molar-refractivity contribution in [1.82, 2.24) is 0 Å². The van der Waals surface area contributed by atoms with E-state index in [4.69, 9.17) is 14.7 Å². The van der Waals surface area contributed by atoms with Gasteiger partial charge in [0.1, 0.15) is 0 Å². The van der Waals surface area contributed by atoms with Gasteiger partial charge in [-0.1, -0.05) is 18.2 Å². The molecule has 1 aliphatic carbocycles. The number of nitrogens with zero attached hydrogens (tertiary/aromatic N) is 2. The van der Waals surface area contributed by atoms with Crippen LogP contribution in [0.15, 0.2) is 48.5 Å². The van der Waals surface area contributed by atoms with E-state index in [9.17, 15) is 9.59 Å². The van der Waals surface area contributed by atoms with E-state index in [2.05, 4.69) is 11.4 Å². The molecular formula is C24H25N3O4. The third-order valence-electron chi connectivity index (χ3n) is 5.57. The minimum absolute atomic E-state index is 0.0487. The summed E-state index contributed by atoms with van der Waals surface area (Å²) in [5.41, 5.74) is 1.33. The smallest absolute Gasteiger partial charge is 0.251 e. The molecule has 0 aromatic heterocycles. The molecule has 1 heterocycles. The van der Waals surface area contributed by atoms with E-state index in [0.717, 1.165) is 31.4 Å². The van der Waals surface area contributed by atoms with Crippen LogP contribution >= 0.6 is 0 Å². The molecule has 0 radical (unpaired) electrons. The van der Waals surface area contributed by atoms with Gasteiger partial charge in [0.25, 0.3) is 5.79 Å². The number of carbonyl (C=O) groups is 2. The number of nitriles is 1. The number of amides is 2. The molecule has 0 saturated heterocycles. The number of anilines is 2. The number of rotatable bonds is 7. The summed E-state index contributed by atoms with van der Waals surface area (Å²) >= 11 is 0. The van der Waals surface area contributed by atoms with Gasteiger partial charge in [0, 0.05) is 49.7 Å². The van der Waals surface area contributed by atoms with Gasteiger partial charge in [-0.15, -0.1) is 0 Å². The highest BCUT2D eigenvalue weighted by Gasteiger charge is 2.44. The van der Waals surface area contributed by atoms with E-state index in [1.54, 1.807) is 17.0 Å². The van der Waals surface area contributed by atoms with Crippen molar-refractivity contribution in [3.63, 3.8) is 0 Å². The Hall–Kier alpha value is -3.53. The van der Waals surface area contributed by atoms with Crippen LogP contribution in [0.3, 0.4) is 0 Å². The maximum Gasteiger partial charge on any atom is 0.251 e. The van der Waals surface area contributed by atoms with Crippen molar-refractivity contribution >= 4 is 23.2 Å². The van der Waals surface area contributed by atoms with Crippen LogP contribution in [0.5, 0.6) is 11.5 Å². The van der Waals surface area contributed by atoms with Gasteiger partial charge >= 0.3 is 0 Å². The van der Waals surface area contributed by atoms with Gasteiger partial charge in [-0.3, -0.25) is 9.59 Å². The monoisotopic (exact) mass is 419 g/mol. The molecule has 31 heavy (non-hydrogen) atoms. The summed E-state index contributed by atoms with van der Waals surface area (Å²) in [7, 11) is 0. The molecule has 1 fully saturated rings. The predicted molar refractivity (Wildman–Crippen MR) is 116 cm³/mol. The van der Waals surface area contributed by atoms with Crippen molar-refractivity contribution in [2.24, 2.45) is 0 Å². The van der Waals surface area contributed by atoms with E-state index in [1.165, 1.54) is 0 Å². The Morgan fingerprint density at radius 1 is 1.03 bits per heavy atom. The molecule has 1 saturated carbocycles. The SMILES string of the molecule is N#CCCN(C(=O)CCC(=O)Nc1ccc2c(c1)OC1(CCCC1)O2)c1ccccc1. The summed E-state index contributed by atoms with van der Waals surface area (Å²) in [6.45, 7) is 0.297. The topological polar surface area (TPSA) is 91.7 Å². The van der Waals surface area contributed by atoms with Crippen LogP contribution in [0, 0.1) is 11.3 Å². The Morgan fingerprint density at radius 3 is 2.52 bits per heavy atom. The second-order valence-electron chi connectivity index (χ2n) is 7.82. The van der Waals surface area contributed by atoms with Crippen molar-refractivity contribution in [2.75, 3.05) is 16.8 Å². The first-order valence-electron chi connectivity index (χ1n) is 10.6. The first-order chi connectivity index (χ1) is 15.1. The normalized spacial score (nSPS) is 15.5. The fourth-order valence-electron chi connectivity index (χ4n) is 4.04. The largest absolute Gasteiger partial charge is 0.448 e. The lowest BCUT2D eigenvalue weighted by atomic mass is 10.2. The van der Waals surface area contributed by atoms with Crippen LogP contribution in [0.25, 0.3) is 0 Å². The van der Waals surface area contributed by atoms with Gasteiger partial charge in [-0.2, -0.15) is 5.26 Å². The number of hydrogen-bond acceptors (Lipinski definition) is 5. The van der Waals surface area contributed by atoms with E-state index in [1.807, 2.05) is 36.4 Å². The molecule has 2 amide bonds. The fraction of sp³-hybridized carbons (Fsp3) is 0.375. The molecule has 7 heteroatoms. The number of hydrogen-bond donors (Lipinski definition) is 1. The van der Waals surface area contributed by atoms with Crippen LogP contribution in [0.4, 0.5) is 11.4 Å². The van der Waals surface area contributed by atoms with Crippen molar-refractivity contribution in [2.45, 2.75) is 50.7 Å². The molecule has 2 aromatic rings. The van der Waals surface area contributed by atoms with E-state index < -0.39 is 5.79 Å². The van der Waals surface area contributed by atoms with Gasteiger partial charge in [0.2, 0.25) is 11.8 Å². The van der Waals surface area contributed by atoms with Crippen molar-refractivity contribution in [3.8, 4) is 17.6 Å². The number of benzene rings is 2. The summed E-state index contributed by atoms with van der Waals surface area (Å²) in [6.07, 6.45) is 4.24. The zero-order valence-corrected chi connectivity index (χ0v) is 17.3. The third kappa shape index (κ3) is 4.80. The van der Waals surface area contributed by atoms with Gasteiger partial charge < -0.3 is 19.7 Å². The van der Waals surface area contributed by atoms with E-state index in [-0.39, 0.29) is 31.1 Å². The summed E-state index contributed by atoms with van der Waals surface area (Å²) in [5.74, 6) is 0.358. The highest BCUT2D eigenvalue weighted by molar-refractivity contribution is 5.98. The minimum Gasteiger partial charge on any atom is -0.448 e. The first kappa shape index (κ1) is 20.7. The van der Waals surface area contributed by atoms with Gasteiger partial charge in [0.05, 0.1) is 12.5 Å². The molecule has 7 nitrogen and oxygen atoms in total. The average Bonchev–Trinajstić information content (AvgIpc) is 3.38. The number of ether oxygens (including phenoxy) is 2. The van der Waals surface area contributed by atoms with Crippen molar-refractivity contribution in [3.05, 3.63) is 48.5 Å². The zero-order valence-electron chi connectivity index (χ0n) is 17.3.